The molecule has 1 aromatic heterocycles. The molecule has 0 unspecified atom stereocenters. The first kappa shape index (κ1) is 19.3. The van der Waals surface area contributed by atoms with Crippen molar-refractivity contribution in [3.05, 3.63) is 45.7 Å². The van der Waals surface area contributed by atoms with Crippen molar-refractivity contribution in [2.24, 2.45) is 5.41 Å². The molecule has 5 nitrogen and oxygen atoms in total. The topological polar surface area (TPSA) is 62.7 Å². The third-order valence-electron chi connectivity index (χ3n) is 5.99. The summed E-state index contributed by atoms with van der Waals surface area (Å²) in [6.45, 7) is 1.45. The average Bonchev–Trinajstić information content (AvgIpc) is 3.03. The molecule has 0 spiro atoms. The van der Waals surface area contributed by atoms with Crippen LogP contribution in [0.3, 0.4) is 0 Å². The van der Waals surface area contributed by atoms with Crippen LogP contribution in [-0.2, 0) is 11.8 Å². The number of thiazole rings is 1. The molecule has 2 bridgehead atoms. The molecular weight excluding hydrogens is 379 g/mol. The third kappa shape index (κ3) is 3.42. The summed E-state index contributed by atoms with van der Waals surface area (Å²) in [5.41, 5.74) is 3.35. The standard InChI is InChI=1S/C21H25FN2O3S/c1-24(2)12-20-9-21(10-20,11-20)14-5-6-16(15(22)8-14)27-7-3-4-17-18(19(25)26)23-13-28-17/h5-6,8,13H,3-4,7,9-12H2,1-2H3,(H,25,26). The molecule has 0 atom stereocenters. The first-order valence-electron chi connectivity index (χ1n) is 9.56. The van der Waals surface area contributed by atoms with Crippen molar-refractivity contribution in [3.8, 4) is 5.75 Å². The summed E-state index contributed by atoms with van der Waals surface area (Å²) in [5, 5.41) is 9.07. The molecular formula is C21H25FN2O3S. The number of aromatic carboxylic acids is 1. The van der Waals surface area contributed by atoms with Crippen LogP contribution < -0.4 is 4.74 Å². The zero-order chi connectivity index (χ0) is 19.9. The van der Waals surface area contributed by atoms with Gasteiger partial charge in [-0.1, -0.05) is 6.07 Å². The van der Waals surface area contributed by atoms with Crippen molar-refractivity contribution in [3.63, 3.8) is 0 Å². The minimum atomic E-state index is -1.01. The number of ether oxygens (including phenoxy) is 1. The molecule has 3 aliphatic rings. The molecule has 0 radical (unpaired) electrons. The normalized spacial score (nSPS) is 25.3. The molecule has 28 heavy (non-hydrogen) atoms. The van der Waals surface area contributed by atoms with Crippen LogP contribution >= 0.6 is 11.3 Å². The Bertz CT molecular complexity index is 876. The van der Waals surface area contributed by atoms with E-state index in [-0.39, 0.29) is 22.7 Å². The maximum absolute atomic E-state index is 14.5. The van der Waals surface area contributed by atoms with Crippen LogP contribution in [0.15, 0.2) is 23.7 Å². The van der Waals surface area contributed by atoms with E-state index in [1.807, 2.05) is 6.07 Å². The summed E-state index contributed by atoms with van der Waals surface area (Å²) in [7, 11) is 4.21. The maximum Gasteiger partial charge on any atom is 0.355 e. The van der Waals surface area contributed by atoms with E-state index >= 15 is 0 Å². The van der Waals surface area contributed by atoms with Gasteiger partial charge in [-0.2, -0.15) is 0 Å². The number of aromatic nitrogens is 1. The van der Waals surface area contributed by atoms with Gasteiger partial charge in [-0.3, -0.25) is 0 Å². The zero-order valence-electron chi connectivity index (χ0n) is 16.2. The molecule has 150 valence electrons. The smallest absolute Gasteiger partial charge is 0.355 e. The van der Waals surface area contributed by atoms with Crippen LogP contribution in [0, 0.1) is 11.2 Å². The Morgan fingerprint density at radius 1 is 1.36 bits per heavy atom. The maximum atomic E-state index is 14.5. The van der Waals surface area contributed by atoms with Crippen LogP contribution in [0.1, 0.15) is 46.6 Å². The van der Waals surface area contributed by atoms with Gasteiger partial charge in [0, 0.05) is 11.4 Å². The lowest BCUT2D eigenvalue weighted by atomic mass is 9.33. The second-order valence-corrected chi connectivity index (χ2v) is 9.51. The van der Waals surface area contributed by atoms with Gasteiger partial charge in [0.25, 0.3) is 0 Å². The van der Waals surface area contributed by atoms with Crippen molar-refractivity contribution in [1.82, 2.24) is 9.88 Å². The quantitative estimate of drug-likeness (QED) is 0.641. The first-order chi connectivity index (χ1) is 13.3. The monoisotopic (exact) mass is 404 g/mol. The van der Waals surface area contributed by atoms with Crippen molar-refractivity contribution >= 4 is 17.3 Å². The highest BCUT2D eigenvalue weighted by atomic mass is 32.1. The van der Waals surface area contributed by atoms with Crippen LogP contribution in [-0.4, -0.2) is 48.2 Å². The fourth-order valence-corrected chi connectivity index (χ4v) is 5.93. The van der Waals surface area contributed by atoms with Crippen molar-refractivity contribution in [1.29, 1.82) is 0 Å². The predicted octanol–water partition coefficient (Wildman–Crippen LogP) is 3.98. The second-order valence-electron chi connectivity index (χ2n) is 8.57. The van der Waals surface area contributed by atoms with E-state index in [1.54, 1.807) is 12.1 Å². The Kier molecular flexibility index (Phi) is 4.91. The summed E-state index contributed by atoms with van der Waals surface area (Å²) >= 11 is 1.32. The number of carboxylic acids is 1. The van der Waals surface area contributed by atoms with E-state index in [9.17, 15) is 9.18 Å². The largest absolute Gasteiger partial charge is 0.491 e. The highest BCUT2D eigenvalue weighted by Gasteiger charge is 2.67. The summed E-state index contributed by atoms with van der Waals surface area (Å²) in [6.07, 6.45) is 4.62. The molecule has 0 saturated heterocycles. The number of halogens is 1. The van der Waals surface area contributed by atoms with E-state index in [0.717, 1.165) is 36.2 Å². The number of benzene rings is 1. The van der Waals surface area contributed by atoms with Crippen molar-refractivity contribution in [2.45, 2.75) is 37.5 Å². The molecule has 1 heterocycles. The van der Waals surface area contributed by atoms with E-state index in [1.165, 1.54) is 16.8 Å². The highest BCUT2D eigenvalue weighted by molar-refractivity contribution is 7.09. The minimum absolute atomic E-state index is 0.103. The molecule has 3 saturated carbocycles. The van der Waals surface area contributed by atoms with Gasteiger partial charge in [0.1, 0.15) is 0 Å². The molecule has 5 rings (SSSR count). The van der Waals surface area contributed by atoms with Gasteiger partial charge in [-0.05, 0) is 74.7 Å². The Morgan fingerprint density at radius 3 is 2.75 bits per heavy atom. The molecule has 1 N–H and O–H groups in total. The molecule has 2 aromatic rings. The fourth-order valence-electron chi connectivity index (χ4n) is 5.13. The number of hydrogen-bond donors (Lipinski definition) is 1. The summed E-state index contributed by atoms with van der Waals surface area (Å²) in [5.74, 6) is -1.06. The number of carbonyl (C=O) groups is 1. The van der Waals surface area contributed by atoms with Crippen molar-refractivity contribution < 1.29 is 19.0 Å². The van der Waals surface area contributed by atoms with Crippen LogP contribution in [0.2, 0.25) is 0 Å². The fraction of sp³-hybridized carbons (Fsp3) is 0.524. The number of nitrogens with zero attached hydrogens (tertiary/aromatic N) is 2. The Morgan fingerprint density at radius 2 is 2.11 bits per heavy atom. The van der Waals surface area contributed by atoms with Gasteiger partial charge in [-0.15, -0.1) is 11.3 Å². The molecule has 7 heteroatoms. The Balaban J connectivity index is 1.29. The predicted molar refractivity (Wildman–Crippen MR) is 106 cm³/mol. The highest BCUT2D eigenvalue weighted by Crippen LogP contribution is 2.73. The summed E-state index contributed by atoms with van der Waals surface area (Å²) in [6, 6.07) is 5.38. The van der Waals surface area contributed by atoms with Crippen LogP contribution in [0.4, 0.5) is 4.39 Å². The summed E-state index contributed by atoms with van der Waals surface area (Å²) < 4.78 is 20.1. The van der Waals surface area contributed by atoms with Gasteiger partial charge in [0.05, 0.1) is 12.1 Å². The molecule has 0 aliphatic heterocycles. The molecule has 3 fully saturated rings. The van der Waals surface area contributed by atoms with Gasteiger partial charge >= 0.3 is 5.97 Å². The van der Waals surface area contributed by atoms with Crippen molar-refractivity contribution in [2.75, 3.05) is 27.2 Å². The van der Waals surface area contributed by atoms with E-state index < -0.39 is 5.97 Å². The average molecular weight is 405 g/mol. The SMILES string of the molecule is CN(C)CC12CC(c3ccc(OCCCc4scnc4C(=O)O)c(F)c3)(C1)C2. The van der Waals surface area contributed by atoms with Gasteiger partial charge in [0.2, 0.25) is 0 Å². The van der Waals surface area contributed by atoms with Crippen LogP contribution in [0.25, 0.3) is 0 Å². The number of rotatable bonds is 9. The lowest BCUT2D eigenvalue weighted by Gasteiger charge is -2.72. The molecule has 1 aromatic carbocycles. The Labute approximate surface area is 168 Å². The second kappa shape index (κ2) is 7.12. The zero-order valence-corrected chi connectivity index (χ0v) is 17.0. The number of hydrogen-bond acceptors (Lipinski definition) is 5. The Hall–Kier alpha value is -1.99. The third-order valence-corrected chi connectivity index (χ3v) is 6.88. The molecule has 0 amide bonds. The number of carboxylic acid groups (broad SMARTS) is 1. The van der Waals surface area contributed by atoms with E-state index in [2.05, 4.69) is 24.0 Å². The summed E-state index contributed by atoms with van der Waals surface area (Å²) in [4.78, 5) is 17.9. The first-order valence-corrected chi connectivity index (χ1v) is 10.4. The van der Waals surface area contributed by atoms with Gasteiger partial charge < -0.3 is 14.7 Å². The number of aryl methyl sites for hydroxylation is 1. The van der Waals surface area contributed by atoms with E-state index in [4.69, 9.17) is 9.84 Å². The van der Waals surface area contributed by atoms with Crippen LogP contribution in [0.5, 0.6) is 5.75 Å². The van der Waals surface area contributed by atoms with Gasteiger partial charge in [-0.25, -0.2) is 14.2 Å². The lowest BCUT2D eigenvalue weighted by molar-refractivity contribution is -0.151. The minimum Gasteiger partial charge on any atom is -0.491 e. The van der Waals surface area contributed by atoms with E-state index in [0.29, 0.717) is 24.9 Å². The lowest BCUT2D eigenvalue weighted by Crippen LogP contribution is -2.67. The van der Waals surface area contributed by atoms with Gasteiger partial charge in [0.15, 0.2) is 17.3 Å². The molecule has 3 aliphatic carbocycles.